The van der Waals surface area contributed by atoms with Crippen molar-refractivity contribution in [3.8, 4) is 0 Å². The molecule has 0 spiro atoms. The van der Waals surface area contributed by atoms with Gasteiger partial charge in [0.05, 0.1) is 5.75 Å². The third kappa shape index (κ3) is 4.08. The van der Waals surface area contributed by atoms with Crippen molar-refractivity contribution >= 4 is 17.7 Å². The second-order valence-corrected chi connectivity index (χ2v) is 8.26. The summed E-state index contributed by atoms with van der Waals surface area (Å²) in [5.74, 6) is 2.59. The average molecular weight is 337 g/mol. The maximum Gasteiger partial charge on any atom is 0.230 e. The van der Waals surface area contributed by atoms with Gasteiger partial charge < -0.3 is 9.88 Å². The van der Waals surface area contributed by atoms with Crippen molar-refractivity contribution in [1.29, 1.82) is 0 Å². The fourth-order valence-corrected chi connectivity index (χ4v) is 4.19. The van der Waals surface area contributed by atoms with Gasteiger partial charge in [-0.15, -0.1) is 10.2 Å². The van der Waals surface area contributed by atoms with Crippen molar-refractivity contribution in [2.45, 2.75) is 82.5 Å². The Morgan fingerprint density at radius 1 is 1.26 bits per heavy atom. The first-order chi connectivity index (χ1) is 11.1. The topological polar surface area (TPSA) is 59.8 Å². The third-order valence-corrected chi connectivity index (χ3v) is 5.85. The molecule has 2 aliphatic carbocycles. The quantitative estimate of drug-likeness (QED) is 0.808. The van der Waals surface area contributed by atoms with E-state index < -0.39 is 0 Å². The summed E-state index contributed by atoms with van der Waals surface area (Å²) in [6.45, 7) is 6.54. The number of carbonyl (C=O) groups excluding carboxylic acids is 1. The number of carbonyl (C=O) groups is 1. The van der Waals surface area contributed by atoms with Crippen molar-refractivity contribution < 1.29 is 4.79 Å². The molecule has 6 heteroatoms. The summed E-state index contributed by atoms with van der Waals surface area (Å²) in [6, 6.07) is 0.899. The van der Waals surface area contributed by atoms with Gasteiger partial charge in [-0.1, -0.05) is 45.4 Å². The number of aromatic nitrogens is 3. The monoisotopic (exact) mass is 336 g/mol. The van der Waals surface area contributed by atoms with Crippen LogP contribution in [0.3, 0.4) is 0 Å². The highest BCUT2D eigenvalue weighted by Crippen LogP contribution is 2.40. The first-order valence-corrected chi connectivity index (χ1v) is 9.91. The fourth-order valence-electron chi connectivity index (χ4n) is 3.37. The van der Waals surface area contributed by atoms with Crippen LogP contribution in [0.15, 0.2) is 5.16 Å². The van der Waals surface area contributed by atoms with E-state index in [1.807, 2.05) is 0 Å². The maximum atomic E-state index is 12.3. The number of thioether (sulfide) groups is 1. The minimum atomic E-state index is 0.130. The predicted molar refractivity (Wildman–Crippen MR) is 92.7 cm³/mol. The van der Waals surface area contributed by atoms with Crippen LogP contribution in [0.4, 0.5) is 0 Å². The average Bonchev–Trinajstić information content (AvgIpc) is 3.26. The number of nitrogens with one attached hydrogen (secondary N) is 1. The Balaban J connectivity index is 1.56. The molecule has 2 saturated carbocycles. The van der Waals surface area contributed by atoms with Crippen molar-refractivity contribution in [3.63, 3.8) is 0 Å². The van der Waals surface area contributed by atoms with Crippen molar-refractivity contribution in [1.82, 2.24) is 20.1 Å². The van der Waals surface area contributed by atoms with Gasteiger partial charge in [-0.2, -0.15) is 0 Å². The zero-order valence-corrected chi connectivity index (χ0v) is 15.2. The molecule has 0 bridgehead atoms. The van der Waals surface area contributed by atoms with E-state index in [0.29, 0.717) is 29.7 Å². The Labute approximate surface area is 143 Å². The lowest BCUT2D eigenvalue weighted by Crippen LogP contribution is -2.41. The fraction of sp³-hybridized carbons (Fsp3) is 0.824. The van der Waals surface area contributed by atoms with Gasteiger partial charge in [-0.25, -0.2) is 0 Å². The van der Waals surface area contributed by atoms with Crippen LogP contribution in [0.2, 0.25) is 0 Å². The molecule has 1 amide bonds. The molecule has 5 nitrogen and oxygen atoms in total. The summed E-state index contributed by atoms with van der Waals surface area (Å²) in [7, 11) is 0. The highest BCUT2D eigenvalue weighted by atomic mass is 32.2. The molecule has 2 aliphatic rings. The summed E-state index contributed by atoms with van der Waals surface area (Å²) < 4.78 is 2.26. The van der Waals surface area contributed by atoms with E-state index in [9.17, 15) is 4.79 Å². The van der Waals surface area contributed by atoms with Gasteiger partial charge in [0.1, 0.15) is 5.82 Å². The Kier molecular flexibility index (Phi) is 5.29. The number of amides is 1. The van der Waals surface area contributed by atoms with Crippen LogP contribution in [0.5, 0.6) is 0 Å². The highest BCUT2D eigenvalue weighted by Gasteiger charge is 2.31. The summed E-state index contributed by atoms with van der Waals surface area (Å²) in [6.07, 6.45) is 7.29. The second-order valence-electron chi connectivity index (χ2n) is 7.32. The minimum Gasteiger partial charge on any atom is -0.352 e. The molecule has 1 aromatic heterocycles. The van der Waals surface area contributed by atoms with E-state index in [0.717, 1.165) is 17.4 Å². The lowest BCUT2D eigenvalue weighted by atomic mass is 9.86. The van der Waals surface area contributed by atoms with E-state index in [1.165, 1.54) is 43.9 Å². The van der Waals surface area contributed by atoms with E-state index in [1.54, 1.807) is 0 Å². The molecule has 2 atom stereocenters. The largest absolute Gasteiger partial charge is 0.352 e. The number of rotatable bonds is 6. The zero-order valence-electron chi connectivity index (χ0n) is 14.4. The smallest absolute Gasteiger partial charge is 0.230 e. The maximum absolute atomic E-state index is 12.3. The molecule has 3 rings (SSSR count). The summed E-state index contributed by atoms with van der Waals surface area (Å²) in [5, 5.41) is 12.8. The SMILES string of the molecule is CC(C)c1nnc(SCC(=O)NC2CCCCC2C)n1C1CC1. The van der Waals surface area contributed by atoms with Crippen LogP contribution in [0.1, 0.15) is 77.1 Å². The summed E-state index contributed by atoms with van der Waals surface area (Å²) in [4.78, 5) is 12.3. The van der Waals surface area contributed by atoms with Crippen molar-refractivity contribution in [2.75, 3.05) is 5.75 Å². The minimum absolute atomic E-state index is 0.130. The Morgan fingerprint density at radius 3 is 2.65 bits per heavy atom. The van der Waals surface area contributed by atoms with Gasteiger partial charge >= 0.3 is 0 Å². The normalized spacial score (nSPS) is 24.9. The van der Waals surface area contributed by atoms with Gasteiger partial charge in [0.25, 0.3) is 0 Å². The number of nitrogens with zero attached hydrogens (tertiary/aromatic N) is 3. The van der Waals surface area contributed by atoms with Crippen LogP contribution in [-0.2, 0) is 4.79 Å². The molecule has 0 saturated heterocycles. The van der Waals surface area contributed by atoms with Crippen molar-refractivity contribution in [3.05, 3.63) is 5.82 Å². The standard InChI is InChI=1S/C17H28N4OS/c1-11(2)16-19-20-17(21(16)13-8-9-13)23-10-15(22)18-14-7-5-4-6-12(14)3/h11-14H,4-10H2,1-3H3,(H,18,22). The molecule has 128 valence electrons. The van der Waals surface area contributed by atoms with E-state index >= 15 is 0 Å². The van der Waals surface area contributed by atoms with Crippen LogP contribution in [0, 0.1) is 5.92 Å². The second kappa shape index (κ2) is 7.24. The molecule has 0 aromatic carbocycles. The Morgan fingerprint density at radius 2 is 2.00 bits per heavy atom. The highest BCUT2D eigenvalue weighted by molar-refractivity contribution is 7.99. The summed E-state index contributed by atoms with van der Waals surface area (Å²) >= 11 is 1.53. The number of hydrogen-bond donors (Lipinski definition) is 1. The van der Waals surface area contributed by atoms with Gasteiger partial charge in [0, 0.05) is 18.0 Å². The molecule has 2 fully saturated rings. The van der Waals surface area contributed by atoms with Gasteiger partial charge in [0.2, 0.25) is 5.91 Å². The molecule has 1 aromatic rings. The molecule has 2 unspecified atom stereocenters. The van der Waals surface area contributed by atoms with Gasteiger partial charge in [0.15, 0.2) is 5.16 Å². The first-order valence-electron chi connectivity index (χ1n) is 8.93. The molecular formula is C17H28N4OS. The van der Waals surface area contributed by atoms with Crippen molar-refractivity contribution in [2.24, 2.45) is 5.92 Å². The predicted octanol–water partition coefficient (Wildman–Crippen LogP) is 3.52. The first kappa shape index (κ1) is 16.8. The molecule has 0 aliphatic heterocycles. The van der Waals surface area contributed by atoms with Crippen LogP contribution in [-0.4, -0.2) is 32.5 Å². The van der Waals surface area contributed by atoms with Gasteiger partial charge in [-0.05, 0) is 31.6 Å². The molecule has 1 heterocycles. The third-order valence-electron chi connectivity index (χ3n) is 4.91. The van der Waals surface area contributed by atoms with Crippen LogP contribution >= 0.6 is 11.8 Å². The molecular weight excluding hydrogens is 308 g/mol. The van der Waals surface area contributed by atoms with Gasteiger partial charge in [-0.3, -0.25) is 4.79 Å². The van der Waals surface area contributed by atoms with Crippen LogP contribution < -0.4 is 5.32 Å². The molecule has 23 heavy (non-hydrogen) atoms. The molecule has 0 radical (unpaired) electrons. The molecule has 1 N–H and O–H groups in total. The van der Waals surface area contributed by atoms with E-state index in [-0.39, 0.29) is 5.91 Å². The number of hydrogen-bond acceptors (Lipinski definition) is 4. The summed E-state index contributed by atoms with van der Waals surface area (Å²) in [5.41, 5.74) is 0. The lowest BCUT2D eigenvalue weighted by molar-refractivity contribution is -0.119. The van der Waals surface area contributed by atoms with Crippen LogP contribution in [0.25, 0.3) is 0 Å². The zero-order chi connectivity index (χ0) is 16.4. The Hall–Kier alpha value is -1.04. The Bertz CT molecular complexity index is 553. The van der Waals surface area contributed by atoms with E-state index in [2.05, 4.69) is 40.9 Å². The lowest BCUT2D eigenvalue weighted by Gasteiger charge is -2.29. The van der Waals surface area contributed by atoms with E-state index in [4.69, 9.17) is 0 Å².